The number of hydrogen-bond acceptors (Lipinski definition) is 4. The molecule has 0 aliphatic rings. The van der Waals surface area contributed by atoms with E-state index in [1.165, 1.54) is 0 Å². The van der Waals surface area contributed by atoms with Gasteiger partial charge in [-0.15, -0.1) is 0 Å². The van der Waals surface area contributed by atoms with Gasteiger partial charge in [0, 0.05) is 30.7 Å². The van der Waals surface area contributed by atoms with Gasteiger partial charge in [-0.1, -0.05) is 0 Å². The number of nitrogens with one attached hydrogen (secondary N) is 1. The van der Waals surface area contributed by atoms with Crippen LogP contribution in [0.1, 0.15) is 25.6 Å². The molecule has 0 aromatic carbocycles. The number of aliphatic hydroxyl groups excluding tert-OH is 1. The molecule has 0 saturated heterocycles. The zero-order valence-corrected chi connectivity index (χ0v) is 7.94. The van der Waals surface area contributed by atoms with Crippen molar-refractivity contribution < 1.29 is 5.11 Å². The molecule has 1 unspecified atom stereocenters. The Morgan fingerprint density at radius 2 is 2.23 bits per heavy atom. The predicted octanol–water partition coefficient (Wildman–Crippen LogP) is 0.508. The fourth-order valence-corrected chi connectivity index (χ4v) is 1.10. The fourth-order valence-electron chi connectivity index (χ4n) is 1.10. The van der Waals surface area contributed by atoms with Crippen LogP contribution in [0.5, 0.6) is 0 Å². The molecule has 1 aromatic heterocycles. The average Bonchev–Trinajstić information content (AvgIpc) is 2.19. The molecule has 1 aromatic rings. The first-order valence-corrected chi connectivity index (χ1v) is 4.37. The van der Waals surface area contributed by atoms with Gasteiger partial charge >= 0.3 is 0 Å². The second kappa shape index (κ2) is 4.89. The van der Waals surface area contributed by atoms with Crippen molar-refractivity contribution in [3.8, 4) is 0 Å². The number of aliphatic hydroxyl groups is 1. The first kappa shape index (κ1) is 10.1. The van der Waals surface area contributed by atoms with Gasteiger partial charge in [0.05, 0.1) is 12.3 Å². The summed E-state index contributed by atoms with van der Waals surface area (Å²) in [5.41, 5.74) is 0.891. The second-order valence-electron chi connectivity index (χ2n) is 3.10. The lowest BCUT2D eigenvalue weighted by molar-refractivity contribution is 0.242. The maximum absolute atomic E-state index is 8.83. The molecule has 0 aliphatic heterocycles. The van der Waals surface area contributed by atoms with Gasteiger partial charge in [0.1, 0.15) is 0 Å². The summed E-state index contributed by atoms with van der Waals surface area (Å²) in [4.78, 5) is 8.13. The molecule has 0 spiro atoms. The van der Waals surface area contributed by atoms with Crippen LogP contribution >= 0.6 is 0 Å². The van der Waals surface area contributed by atoms with E-state index < -0.39 is 0 Å². The van der Waals surface area contributed by atoms with E-state index in [0.717, 1.165) is 5.69 Å². The smallest absolute Gasteiger partial charge is 0.0753 e. The third-order valence-electron chi connectivity index (χ3n) is 1.84. The fraction of sp³-hybridized carbons (Fsp3) is 0.556. The standard InChI is InChI=1S/C9H15N3O/c1-7(6-13)12-8(2)9-5-10-3-4-11-9/h3-5,7-8,12-13H,6H2,1-2H3/t7-,8?/m1/s1. The zero-order chi connectivity index (χ0) is 9.68. The van der Waals surface area contributed by atoms with E-state index in [4.69, 9.17) is 5.11 Å². The van der Waals surface area contributed by atoms with Crippen LogP contribution in [0.4, 0.5) is 0 Å². The minimum absolute atomic E-state index is 0.0806. The Kier molecular flexibility index (Phi) is 3.79. The van der Waals surface area contributed by atoms with Gasteiger partial charge in [-0.25, -0.2) is 0 Å². The summed E-state index contributed by atoms with van der Waals surface area (Å²) >= 11 is 0. The van der Waals surface area contributed by atoms with Crippen LogP contribution < -0.4 is 5.32 Å². The van der Waals surface area contributed by atoms with Gasteiger partial charge in [-0.05, 0) is 13.8 Å². The molecule has 0 aliphatic carbocycles. The van der Waals surface area contributed by atoms with Crippen LogP contribution in [0.3, 0.4) is 0 Å². The van der Waals surface area contributed by atoms with Crippen molar-refractivity contribution in [2.75, 3.05) is 6.61 Å². The van der Waals surface area contributed by atoms with Crippen molar-refractivity contribution in [3.63, 3.8) is 0 Å². The molecule has 4 nitrogen and oxygen atoms in total. The summed E-state index contributed by atoms with van der Waals surface area (Å²) in [5, 5.41) is 12.0. The van der Waals surface area contributed by atoms with E-state index in [2.05, 4.69) is 15.3 Å². The van der Waals surface area contributed by atoms with Crippen LogP contribution in [0.15, 0.2) is 18.6 Å². The van der Waals surface area contributed by atoms with Crippen molar-refractivity contribution >= 4 is 0 Å². The van der Waals surface area contributed by atoms with Gasteiger partial charge in [-0.2, -0.15) is 0 Å². The van der Waals surface area contributed by atoms with Gasteiger partial charge in [0.15, 0.2) is 0 Å². The van der Waals surface area contributed by atoms with Crippen molar-refractivity contribution in [1.29, 1.82) is 0 Å². The topological polar surface area (TPSA) is 58.0 Å². The number of nitrogens with zero attached hydrogens (tertiary/aromatic N) is 2. The van der Waals surface area contributed by atoms with Crippen LogP contribution in [-0.2, 0) is 0 Å². The number of hydrogen-bond donors (Lipinski definition) is 2. The third-order valence-corrected chi connectivity index (χ3v) is 1.84. The minimum atomic E-state index is 0.0806. The summed E-state index contributed by atoms with van der Waals surface area (Å²) in [6.45, 7) is 4.05. The lowest BCUT2D eigenvalue weighted by Gasteiger charge is -2.17. The van der Waals surface area contributed by atoms with Crippen LogP contribution in [0, 0.1) is 0 Å². The normalized spacial score (nSPS) is 15.3. The molecule has 2 N–H and O–H groups in total. The van der Waals surface area contributed by atoms with E-state index in [0.29, 0.717) is 0 Å². The Bertz CT molecular complexity index is 240. The maximum atomic E-state index is 8.83. The lowest BCUT2D eigenvalue weighted by Crippen LogP contribution is -2.32. The average molecular weight is 181 g/mol. The predicted molar refractivity (Wildman–Crippen MR) is 50.1 cm³/mol. The summed E-state index contributed by atoms with van der Waals surface area (Å²) < 4.78 is 0. The van der Waals surface area contributed by atoms with E-state index in [-0.39, 0.29) is 18.7 Å². The summed E-state index contributed by atoms with van der Waals surface area (Å²) in [6, 6.07) is 0.202. The summed E-state index contributed by atoms with van der Waals surface area (Å²) in [7, 11) is 0. The Hall–Kier alpha value is -1.00. The summed E-state index contributed by atoms with van der Waals surface area (Å²) in [5.74, 6) is 0. The van der Waals surface area contributed by atoms with E-state index >= 15 is 0 Å². The molecule has 0 amide bonds. The maximum Gasteiger partial charge on any atom is 0.0753 e. The van der Waals surface area contributed by atoms with E-state index in [1.54, 1.807) is 18.6 Å². The van der Waals surface area contributed by atoms with Gasteiger partial charge in [0.2, 0.25) is 0 Å². The second-order valence-corrected chi connectivity index (χ2v) is 3.10. The quantitative estimate of drug-likeness (QED) is 0.710. The molecular weight excluding hydrogens is 166 g/mol. The highest BCUT2D eigenvalue weighted by Crippen LogP contribution is 2.06. The molecule has 0 radical (unpaired) electrons. The van der Waals surface area contributed by atoms with Crippen molar-refractivity contribution in [1.82, 2.24) is 15.3 Å². The number of aromatic nitrogens is 2. The van der Waals surface area contributed by atoms with Crippen LogP contribution in [-0.4, -0.2) is 27.7 Å². The molecular formula is C9H15N3O. The van der Waals surface area contributed by atoms with E-state index in [9.17, 15) is 0 Å². The molecule has 0 fully saturated rings. The van der Waals surface area contributed by atoms with Gasteiger partial charge in [-0.3, -0.25) is 9.97 Å². The highest BCUT2D eigenvalue weighted by Gasteiger charge is 2.08. The Morgan fingerprint density at radius 3 is 2.77 bits per heavy atom. The lowest BCUT2D eigenvalue weighted by atomic mass is 10.2. The molecule has 72 valence electrons. The first-order valence-electron chi connectivity index (χ1n) is 4.37. The largest absolute Gasteiger partial charge is 0.395 e. The van der Waals surface area contributed by atoms with Crippen molar-refractivity contribution in [3.05, 3.63) is 24.3 Å². The Balaban J connectivity index is 2.53. The zero-order valence-electron chi connectivity index (χ0n) is 7.94. The molecule has 1 heterocycles. The van der Waals surface area contributed by atoms with Crippen LogP contribution in [0.25, 0.3) is 0 Å². The molecule has 0 bridgehead atoms. The van der Waals surface area contributed by atoms with Crippen LogP contribution in [0.2, 0.25) is 0 Å². The molecule has 4 heteroatoms. The summed E-state index contributed by atoms with van der Waals surface area (Å²) in [6.07, 6.45) is 5.03. The third kappa shape index (κ3) is 3.08. The number of rotatable bonds is 4. The van der Waals surface area contributed by atoms with Crippen molar-refractivity contribution in [2.24, 2.45) is 0 Å². The van der Waals surface area contributed by atoms with Crippen molar-refractivity contribution in [2.45, 2.75) is 25.9 Å². The highest BCUT2D eigenvalue weighted by atomic mass is 16.3. The monoisotopic (exact) mass is 181 g/mol. The highest BCUT2D eigenvalue weighted by molar-refractivity contribution is 5.00. The molecule has 0 saturated carbocycles. The molecule has 13 heavy (non-hydrogen) atoms. The SMILES string of the molecule is CC(N[C@H](C)CO)c1cnccn1. The molecule has 2 atom stereocenters. The van der Waals surface area contributed by atoms with Gasteiger partial charge in [0.25, 0.3) is 0 Å². The van der Waals surface area contributed by atoms with E-state index in [1.807, 2.05) is 13.8 Å². The first-order chi connectivity index (χ1) is 6.24. The minimum Gasteiger partial charge on any atom is -0.395 e. The molecule has 1 rings (SSSR count). The Morgan fingerprint density at radius 1 is 1.46 bits per heavy atom. The van der Waals surface area contributed by atoms with Gasteiger partial charge < -0.3 is 10.4 Å². The Labute approximate surface area is 78.0 Å².